The van der Waals surface area contributed by atoms with Gasteiger partial charge in [-0.15, -0.1) is 0 Å². The summed E-state index contributed by atoms with van der Waals surface area (Å²) in [5.41, 5.74) is 3.73. The Labute approximate surface area is 207 Å². The zero-order chi connectivity index (χ0) is 25.9. The highest BCUT2D eigenvalue weighted by Gasteiger charge is 2.47. The van der Waals surface area contributed by atoms with Crippen LogP contribution in [-0.4, -0.2) is 53.9 Å². The highest BCUT2D eigenvalue weighted by atomic mass is 19.3. The number of pyridine rings is 1. The largest absolute Gasteiger partial charge is 0.497 e. The number of alkyl halides is 2. The lowest BCUT2D eigenvalue weighted by atomic mass is 10.00. The smallest absolute Gasteiger partial charge is 0.268 e. The maximum Gasteiger partial charge on any atom is 0.268 e. The Bertz CT molecular complexity index is 1380. The van der Waals surface area contributed by atoms with Crippen molar-refractivity contribution in [2.75, 3.05) is 20.2 Å². The van der Waals surface area contributed by atoms with Gasteiger partial charge < -0.3 is 15.0 Å². The zero-order valence-corrected chi connectivity index (χ0v) is 19.8. The van der Waals surface area contributed by atoms with Gasteiger partial charge in [-0.25, -0.2) is 8.78 Å². The van der Waals surface area contributed by atoms with Gasteiger partial charge in [-0.05, 0) is 54.0 Å². The molecule has 0 bridgehead atoms. The molecular formula is C27H24F2N4O3. The number of hydrogen-bond donors (Lipinski definition) is 1. The number of benzene rings is 2. The average molecular weight is 491 g/mol. The Kier molecular flexibility index (Phi) is 6.97. The van der Waals surface area contributed by atoms with E-state index in [0.29, 0.717) is 16.5 Å². The Morgan fingerprint density at radius 1 is 1.25 bits per heavy atom. The summed E-state index contributed by atoms with van der Waals surface area (Å²) in [6.07, 6.45) is 2.79. The summed E-state index contributed by atoms with van der Waals surface area (Å²) in [6.45, 7) is 0.631. The van der Waals surface area contributed by atoms with E-state index in [2.05, 4.69) is 10.3 Å². The fourth-order valence-electron chi connectivity index (χ4n) is 4.17. The van der Waals surface area contributed by atoms with Crippen molar-refractivity contribution in [1.82, 2.24) is 15.2 Å². The van der Waals surface area contributed by atoms with Crippen molar-refractivity contribution in [3.05, 3.63) is 71.4 Å². The molecule has 1 aliphatic heterocycles. The van der Waals surface area contributed by atoms with Crippen LogP contribution in [-0.2, 0) is 4.79 Å². The van der Waals surface area contributed by atoms with Crippen LogP contribution in [0.4, 0.5) is 8.78 Å². The van der Waals surface area contributed by atoms with Gasteiger partial charge in [0.25, 0.3) is 11.8 Å². The third kappa shape index (κ3) is 5.33. The molecule has 3 aromatic rings. The van der Waals surface area contributed by atoms with Gasteiger partial charge in [-0.3, -0.25) is 14.6 Å². The number of likely N-dealkylation sites (tertiary alicyclic amines) is 1. The molecule has 1 aromatic heterocycles. The van der Waals surface area contributed by atoms with E-state index in [-0.39, 0.29) is 0 Å². The summed E-state index contributed by atoms with van der Waals surface area (Å²) in [5.74, 6) is -3.62. The van der Waals surface area contributed by atoms with Crippen molar-refractivity contribution in [3.8, 4) is 11.8 Å². The van der Waals surface area contributed by atoms with Gasteiger partial charge >= 0.3 is 0 Å². The highest BCUT2D eigenvalue weighted by molar-refractivity contribution is 6.07. The molecule has 9 heteroatoms. The third-order valence-electron chi connectivity index (χ3n) is 6.08. The molecule has 0 spiro atoms. The number of nitrogens with one attached hydrogen (secondary N) is 1. The summed E-state index contributed by atoms with van der Waals surface area (Å²) in [7, 11) is 1.61. The molecule has 0 radical (unpaired) electrons. The highest BCUT2D eigenvalue weighted by Crippen LogP contribution is 2.31. The second-order valence-corrected chi connectivity index (χ2v) is 8.60. The second kappa shape index (κ2) is 10.1. The van der Waals surface area contributed by atoms with Crippen molar-refractivity contribution in [1.29, 1.82) is 5.26 Å². The number of nitriles is 1. The van der Waals surface area contributed by atoms with Crippen molar-refractivity contribution in [2.45, 2.75) is 25.3 Å². The van der Waals surface area contributed by atoms with Crippen LogP contribution >= 0.6 is 0 Å². The number of halogens is 2. The molecule has 1 unspecified atom stereocenters. The maximum atomic E-state index is 13.7. The molecule has 2 amide bonds. The van der Waals surface area contributed by atoms with Gasteiger partial charge in [0.1, 0.15) is 11.8 Å². The van der Waals surface area contributed by atoms with E-state index in [1.54, 1.807) is 13.2 Å². The number of carbonyl (C=O) groups excluding carboxylic acids is 2. The van der Waals surface area contributed by atoms with Crippen LogP contribution < -0.4 is 10.1 Å². The van der Waals surface area contributed by atoms with E-state index in [4.69, 9.17) is 10.00 Å². The van der Waals surface area contributed by atoms with E-state index >= 15 is 0 Å². The second-order valence-electron chi connectivity index (χ2n) is 8.60. The molecule has 2 aromatic carbocycles. The Morgan fingerprint density at radius 3 is 2.69 bits per heavy atom. The van der Waals surface area contributed by atoms with Crippen LogP contribution in [0.1, 0.15) is 34.8 Å². The summed E-state index contributed by atoms with van der Waals surface area (Å²) in [6, 6.07) is 15.2. The summed E-state index contributed by atoms with van der Waals surface area (Å²) in [5, 5.41) is 12.2. The molecule has 7 nitrogen and oxygen atoms in total. The molecule has 184 valence electrons. The lowest BCUT2D eigenvalue weighted by Gasteiger charge is -2.19. The first kappa shape index (κ1) is 24.8. The zero-order valence-electron chi connectivity index (χ0n) is 19.8. The van der Waals surface area contributed by atoms with Crippen LogP contribution in [0.15, 0.2) is 54.7 Å². The van der Waals surface area contributed by atoms with Crippen LogP contribution in [0, 0.1) is 11.3 Å². The molecule has 1 fully saturated rings. The predicted octanol–water partition coefficient (Wildman–Crippen LogP) is 4.29. The van der Waals surface area contributed by atoms with Crippen molar-refractivity contribution in [3.63, 3.8) is 0 Å². The molecule has 36 heavy (non-hydrogen) atoms. The van der Waals surface area contributed by atoms with E-state index in [0.717, 1.165) is 27.3 Å². The maximum absolute atomic E-state index is 13.7. The van der Waals surface area contributed by atoms with Gasteiger partial charge in [0, 0.05) is 18.0 Å². The summed E-state index contributed by atoms with van der Waals surface area (Å²) >= 11 is 0. The average Bonchev–Trinajstić information content (AvgIpc) is 3.21. The van der Waals surface area contributed by atoms with E-state index < -0.39 is 43.3 Å². The number of carbonyl (C=O) groups is 2. The minimum atomic E-state index is -3.12. The first-order valence-corrected chi connectivity index (χ1v) is 11.3. The molecule has 4 rings (SSSR count). The number of rotatable bonds is 6. The van der Waals surface area contributed by atoms with Crippen molar-refractivity contribution < 1.29 is 23.1 Å². The number of ether oxygens (including phenoxy) is 1. The monoisotopic (exact) mass is 490 g/mol. The topological polar surface area (TPSA) is 95.3 Å². The molecule has 0 saturated carbocycles. The van der Waals surface area contributed by atoms with Crippen LogP contribution in [0.3, 0.4) is 0 Å². The lowest BCUT2D eigenvalue weighted by molar-refractivity contribution is -0.131. The summed E-state index contributed by atoms with van der Waals surface area (Å²) in [4.78, 5) is 30.5. The first-order chi connectivity index (χ1) is 17.2. The number of hydrogen-bond acceptors (Lipinski definition) is 5. The van der Waals surface area contributed by atoms with E-state index in [1.165, 1.54) is 12.3 Å². The molecule has 1 saturated heterocycles. The number of allylic oxidation sites excluding steroid dienone is 1. The molecule has 1 aliphatic rings. The number of nitrogens with zero attached hydrogens (tertiary/aromatic N) is 3. The van der Waals surface area contributed by atoms with Gasteiger partial charge in [0.15, 0.2) is 0 Å². The quantitative estimate of drug-likeness (QED) is 0.520. The molecule has 1 atom stereocenters. The standard InChI is InChI=1S/C27H24F2N4O3/c1-17(11-18-3-6-21(36-2)7-4-18)19-5-8-24-23(12-19)22(9-10-31-24)26(35)32-15-25(34)33-16-27(28,29)13-20(33)14-30/h3-12,20H,13,15-16H2,1-2H3,(H,32,35). The Hall–Kier alpha value is -4.32. The van der Waals surface area contributed by atoms with Gasteiger partial charge in [0.05, 0.1) is 37.3 Å². The van der Waals surface area contributed by atoms with Gasteiger partial charge in [-0.1, -0.05) is 24.3 Å². The minimum absolute atomic E-state index is 0.301. The molecule has 2 heterocycles. The molecule has 0 aliphatic carbocycles. The Morgan fingerprint density at radius 2 is 2.00 bits per heavy atom. The predicted molar refractivity (Wildman–Crippen MR) is 131 cm³/mol. The third-order valence-corrected chi connectivity index (χ3v) is 6.08. The van der Waals surface area contributed by atoms with E-state index in [1.807, 2.05) is 55.5 Å². The Balaban J connectivity index is 1.53. The van der Waals surface area contributed by atoms with Crippen LogP contribution in [0.25, 0.3) is 22.6 Å². The van der Waals surface area contributed by atoms with Crippen molar-refractivity contribution in [2.24, 2.45) is 0 Å². The summed E-state index contributed by atoms with van der Waals surface area (Å²) < 4.78 is 32.5. The SMILES string of the molecule is COc1ccc(C=C(C)c2ccc3nccc(C(=O)NCC(=O)N4CC(F)(F)CC4C#N)c3c2)cc1. The lowest BCUT2D eigenvalue weighted by Crippen LogP contribution is -2.43. The number of methoxy groups -OCH3 is 1. The normalized spacial score (nSPS) is 17.0. The fourth-order valence-corrected chi connectivity index (χ4v) is 4.17. The van der Waals surface area contributed by atoms with Gasteiger partial charge in [0.2, 0.25) is 5.91 Å². The van der Waals surface area contributed by atoms with Crippen LogP contribution in [0.5, 0.6) is 5.75 Å². The minimum Gasteiger partial charge on any atom is -0.497 e. The number of aromatic nitrogens is 1. The van der Waals surface area contributed by atoms with E-state index in [9.17, 15) is 18.4 Å². The van der Waals surface area contributed by atoms with Gasteiger partial charge in [-0.2, -0.15) is 5.26 Å². The molecular weight excluding hydrogens is 466 g/mol. The number of amides is 2. The number of fused-ring (bicyclic) bond motifs is 1. The first-order valence-electron chi connectivity index (χ1n) is 11.3. The fraction of sp³-hybridized carbons (Fsp3) is 0.259. The molecule has 1 N–H and O–H groups in total. The van der Waals surface area contributed by atoms with Crippen molar-refractivity contribution >= 4 is 34.4 Å². The van der Waals surface area contributed by atoms with Crippen LogP contribution in [0.2, 0.25) is 0 Å².